The van der Waals surface area contributed by atoms with Gasteiger partial charge in [0.25, 0.3) is 5.56 Å². The summed E-state index contributed by atoms with van der Waals surface area (Å²) in [6.45, 7) is 0.159. The Morgan fingerprint density at radius 3 is 2.69 bits per heavy atom. The van der Waals surface area contributed by atoms with Crippen LogP contribution in [0.2, 0.25) is 5.02 Å². The molecule has 0 amide bonds. The third kappa shape index (κ3) is 4.78. The number of hydrogen-bond acceptors (Lipinski definition) is 7. The van der Waals surface area contributed by atoms with Crippen LogP contribution in [0.1, 0.15) is 0 Å². The normalized spacial score (nSPS) is 12.1. The molecule has 0 saturated heterocycles. The van der Waals surface area contributed by atoms with E-state index < -0.39 is 6.10 Å². The van der Waals surface area contributed by atoms with E-state index >= 15 is 0 Å². The molecule has 0 aliphatic heterocycles. The lowest BCUT2D eigenvalue weighted by molar-refractivity contribution is 0.124. The Labute approximate surface area is 198 Å². The molecular formula is C23H21ClN2O4S2. The molecule has 9 heteroatoms. The lowest BCUT2D eigenvalue weighted by atomic mass is 10.2. The summed E-state index contributed by atoms with van der Waals surface area (Å²) >= 11 is 8.92. The van der Waals surface area contributed by atoms with Crippen molar-refractivity contribution in [3.8, 4) is 27.6 Å². The van der Waals surface area contributed by atoms with Crippen LogP contribution in [-0.2, 0) is 0 Å². The van der Waals surface area contributed by atoms with Gasteiger partial charge < -0.3 is 14.6 Å². The Hall–Kier alpha value is -2.52. The molecule has 0 aliphatic carbocycles. The van der Waals surface area contributed by atoms with Gasteiger partial charge in [0.05, 0.1) is 24.4 Å². The Morgan fingerprint density at radius 2 is 1.97 bits per heavy atom. The first-order chi connectivity index (χ1) is 15.5. The topological polar surface area (TPSA) is 73.6 Å². The summed E-state index contributed by atoms with van der Waals surface area (Å²) in [5.41, 5.74) is 2.08. The summed E-state index contributed by atoms with van der Waals surface area (Å²) in [6, 6.07) is 14.6. The van der Waals surface area contributed by atoms with Gasteiger partial charge in [-0.15, -0.1) is 11.3 Å². The van der Waals surface area contributed by atoms with Gasteiger partial charge in [-0.3, -0.25) is 9.36 Å². The van der Waals surface area contributed by atoms with E-state index in [-0.39, 0.29) is 12.2 Å². The summed E-state index contributed by atoms with van der Waals surface area (Å²) in [5, 5.41) is 10.6. The van der Waals surface area contributed by atoms with E-state index in [9.17, 15) is 9.90 Å². The second-order valence-electron chi connectivity index (χ2n) is 7.01. The maximum absolute atomic E-state index is 13.2. The molecule has 32 heavy (non-hydrogen) atoms. The molecule has 0 aliphatic rings. The molecule has 2 aromatic carbocycles. The zero-order valence-corrected chi connectivity index (χ0v) is 19.8. The highest BCUT2D eigenvalue weighted by molar-refractivity contribution is 7.98. The van der Waals surface area contributed by atoms with Crippen molar-refractivity contribution >= 4 is 44.9 Å². The van der Waals surface area contributed by atoms with Crippen molar-refractivity contribution in [3.05, 3.63) is 70.2 Å². The number of nitrogens with zero attached hydrogens (tertiary/aromatic N) is 2. The number of hydrogen-bond donors (Lipinski definition) is 1. The Kier molecular flexibility index (Phi) is 7.05. The van der Waals surface area contributed by atoms with Crippen LogP contribution in [0, 0.1) is 0 Å². The van der Waals surface area contributed by atoms with Crippen molar-refractivity contribution in [1.82, 2.24) is 9.55 Å². The Balaban J connectivity index is 1.66. The van der Waals surface area contributed by atoms with Crippen molar-refractivity contribution in [1.29, 1.82) is 0 Å². The molecule has 1 unspecified atom stereocenters. The lowest BCUT2D eigenvalue weighted by Crippen LogP contribution is -2.20. The minimum Gasteiger partial charge on any atom is -0.493 e. The first-order valence-electron chi connectivity index (χ1n) is 9.75. The minimum atomic E-state index is -0.572. The molecule has 166 valence electrons. The number of aliphatic hydroxyl groups is 1. The van der Waals surface area contributed by atoms with Crippen molar-refractivity contribution in [2.45, 2.75) is 6.10 Å². The van der Waals surface area contributed by atoms with Crippen LogP contribution >= 0.6 is 34.7 Å². The number of rotatable bonds is 8. The number of methoxy groups -OCH3 is 1. The van der Waals surface area contributed by atoms with Crippen molar-refractivity contribution in [2.24, 2.45) is 0 Å². The number of ether oxygens (including phenoxy) is 2. The second kappa shape index (κ2) is 9.95. The molecule has 2 heterocycles. The van der Waals surface area contributed by atoms with E-state index in [0.717, 1.165) is 10.4 Å². The number of thioether (sulfide) groups is 1. The fourth-order valence-electron chi connectivity index (χ4n) is 3.20. The van der Waals surface area contributed by atoms with Crippen LogP contribution in [0.5, 0.6) is 11.5 Å². The average Bonchev–Trinajstić information content (AvgIpc) is 3.24. The van der Waals surface area contributed by atoms with E-state index in [2.05, 4.69) is 4.98 Å². The highest BCUT2D eigenvalue weighted by Gasteiger charge is 2.14. The molecule has 2 aromatic heterocycles. The monoisotopic (exact) mass is 488 g/mol. The van der Waals surface area contributed by atoms with E-state index in [1.54, 1.807) is 30.0 Å². The number of thiophene rings is 1. The first kappa shape index (κ1) is 22.7. The SMILES string of the molecule is COc1cc(-n2cnc3cc(-c4ccc(Cl)cc4)sc3c2=O)ccc1OCC(O)CSC. The summed E-state index contributed by atoms with van der Waals surface area (Å²) in [4.78, 5) is 18.6. The molecule has 4 rings (SSSR count). The molecule has 4 aromatic rings. The minimum absolute atomic E-state index is 0.159. The average molecular weight is 489 g/mol. The van der Waals surface area contributed by atoms with Crippen LogP contribution in [-0.4, -0.2) is 46.5 Å². The fraction of sp³-hybridized carbons (Fsp3) is 0.217. The fourth-order valence-corrected chi connectivity index (χ4v) is 4.86. The molecule has 0 spiro atoms. The van der Waals surface area contributed by atoms with E-state index in [0.29, 0.717) is 38.2 Å². The van der Waals surface area contributed by atoms with Crippen LogP contribution in [0.25, 0.3) is 26.3 Å². The van der Waals surface area contributed by atoms with Crippen molar-refractivity contribution in [2.75, 3.05) is 25.7 Å². The van der Waals surface area contributed by atoms with Gasteiger partial charge in [-0.25, -0.2) is 4.98 Å². The van der Waals surface area contributed by atoms with Crippen LogP contribution in [0.3, 0.4) is 0 Å². The summed E-state index contributed by atoms with van der Waals surface area (Å²) < 4.78 is 13.2. The van der Waals surface area contributed by atoms with Gasteiger partial charge in [-0.1, -0.05) is 23.7 Å². The number of halogens is 1. The van der Waals surface area contributed by atoms with E-state index in [4.69, 9.17) is 21.1 Å². The van der Waals surface area contributed by atoms with E-state index in [1.807, 2.05) is 36.6 Å². The number of aliphatic hydroxyl groups excluding tert-OH is 1. The van der Waals surface area contributed by atoms with Crippen molar-refractivity contribution in [3.63, 3.8) is 0 Å². The molecular weight excluding hydrogens is 468 g/mol. The highest BCUT2D eigenvalue weighted by atomic mass is 35.5. The van der Waals surface area contributed by atoms with Gasteiger partial charge in [-0.2, -0.15) is 11.8 Å². The molecule has 1 N–H and O–H groups in total. The highest BCUT2D eigenvalue weighted by Crippen LogP contribution is 2.33. The predicted octanol–water partition coefficient (Wildman–Crippen LogP) is 4.88. The molecule has 0 fully saturated rings. The Bertz CT molecular complexity index is 1290. The second-order valence-corrected chi connectivity index (χ2v) is 9.41. The first-order valence-corrected chi connectivity index (χ1v) is 12.3. The molecule has 6 nitrogen and oxygen atoms in total. The number of fused-ring (bicyclic) bond motifs is 1. The van der Waals surface area contributed by atoms with Gasteiger partial charge in [0.1, 0.15) is 17.6 Å². The van der Waals surface area contributed by atoms with Gasteiger partial charge in [0.2, 0.25) is 0 Å². The van der Waals surface area contributed by atoms with Gasteiger partial charge in [0.15, 0.2) is 11.5 Å². The Morgan fingerprint density at radius 1 is 1.19 bits per heavy atom. The predicted molar refractivity (Wildman–Crippen MR) is 132 cm³/mol. The van der Waals surface area contributed by atoms with E-state index in [1.165, 1.54) is 29.3 Å². The summed E-state index contributed by atoms with van der Waals surface area (Å²) in [6.07, 6.45) is 2.87. The molecule has 0 bridgehead atoms. The van der Waals surface area contributed by atoms with Crippen LogP contribution in [0.4, 0.5) is 0 Å². The lowest BCUT2D eigenvalue weighted by Gasteiger charge is -2.15. The van der Waals surface area contributed by atoms with Gasteiger partial charge >= 0.3 is 0 Å². The third-order valence-corrected chi connectivity index (χ3v) is 6.91. The maximum Gasteiger partial charge on any atom is 0.275 e. The third-order valence-electron chi connectivity index (χ3n) is 4.78. The van der Waals surface area contributed by atoms with Crippen LogP contribution < -0.4 is 15.0 Å². The van der Waals surface area contributed by atoms with Gasteiger partial charge in [0, 0.05) is 21.7 Å². The zero-order chi connectivity index (χ0) is 22.7. The largest absolute Gasteiger partial charge is 0.493 e. The zero-order valence-electron chi connectivity index (χ0n) is 17.4. The van der Waals surface area contributed by atoms with Crippen LogP contribution in [0.15, 0.2) is 59.7 Å². The number of benzene rings is 2. The smallest absolute Gasteiger partial charge is 0.275 e. The molecule has 0 radical (unpaired) electrons. The quantitative estimate of drug-likeness (QED) is 0.381. The van der Waals surface area contributed by atoms with Gasteiger partial charge in [-0.05, 0) is 42.2 Å². The molecule has 0 saturated carbocycles. The molecule has 1 atom stereocenters. The standard InChI is InChI=1S/C23H21ClN2O4S2/c1-29-20-9-16(7-8-19(20)30-11-17(27)12-31-2)26-13-25-18-10-21(32-22(18)23(26)28)14-3-5-15(24)6-4-14/h3-10,13,17,27H,11-12H2,1-2H3. The maximum atomic E-state index is 13.2. The van der Waals surface area contributed by atoms with Crippen molar-refractivity contribution < 1.29 is 14.6 Å². The summed E-state index contributed by atoms with van der Waals surface area (Å²) in [5.74, 6) is 1.55. The summed E-state index contributed by atoms with van der Waals surface area (Å²) in [7, 11) is 1.53. The number of aromatic nitrogens is 2.